The average molecular weight is 242 g/mol. The zero-order valence-corrected chi connectivity index (χ0v) is 9.84. The van der Waals surface area contributed by atoms with E-state index in [0.717, 1.165) is 12.5 Å². The van der Waals surface area contributed by atoms with E-state index in [4.69, 9.17) is 4.74 Å². The number of rotatable bonds is 7. The van der Waals surface area contributed by atoms with Crippen LogP contribution < -0.4 is 0 Å². The lowest BCUT2D eigenvalue weighted by Gasteiger charge is -2.03. The van der Waals surface area contributed by atoms with Crippen LogP contribution in [0.2, 0.25) is 0 Å². The zero-order chi connectivity index (χ0) is 12.7. The Hall–Kier alpha value is -1.29. The molecule has 0 heterocycles. The third kappa shape index (κ3) is 5.54. The average Bonchev–Trinajstić information content (AvgIpc) is 2.23. The molecule has 0 aliphatic heterocycles. The van der Waals surface area contributed by atoms with Gasteiger partial charge in [-0.2, -0.15) is 0 Å². The minimum Gasteiger partial charge on any atom is -0.381 e. The summed E-state index contributed by atoms with van der Waals surface area (Å²) in [4.78, 5) is 11.5. The van der Waals surface area contributed by atoms with Crippen molar-refractivity contribution in [2.75, 3.05) is 13.2 Å². The lowest BCUT2D eigenvalue weighted by molar-refractivity contribution is -0.119. The molecular weight excluding hydrogens is 226 g/mol. The summed E-state index contributed by atoms with van der Waals surface area (Å²) in [6.45, 7) is 2.98. The van der Waals surface area contributed by atoms with Crippen molar-refractivity contribution in [3.63, 3.8) is 0 Å². The molecule has 94 valence electrons. The fourth-order valence-corrected chi connectivity index (χ4v) is 1.46. The molecule has 0 N–H and O–H groups in total. The Morgan fingerprint density at radius 1 is 1.18 bits per heavy atom. The van der Waals surface area contributed by atoms with Gasteiger partial charge in [-0.15, -0.1) is 0 Å². The normalized spacial score (nSPS) is 10.5. The molecule has 0 fully saturated rings. The molecule has 17 heavy (non-hydrogen) atoms. The van der Waals surface area contributed by atoms with Gasteiger partial charge in [-0.3, -0.25) is 4.79 Å². The van der Waals surface area contributed by atoms with Crippen LogP contribution in [0.1, 0.15) is 25.3 Å². The number of halogens is 2. The molecule has 4 heteroatoms. The van der Waals surface area contributed by atoms with E-state index in [1.807, 2.05) is 6.92 Å². The predicted octanol–water partition coefficient (Wildman–Crippen LogP) is 2.89. The summed E-state index contributed by atoms with van der Waals surface area (Å²) in [7, 11) is 0. The highest BCUT2D eigenvalue weighted by Gasteiger charge is 2.06. The summed E-state index contributed by atoms with van der Waals surface area (Å²) in [5, 5.41) is 0. The van der Waals surface area contributed by atoms with E-state index in [-0.39, 0.29) is 18.6 Å². The van der Waals surface area contributed by atoms with E-state index >= 15 is 0 Å². The van der Waals surface area contributed by atoms with Crippen LogP contribution in [0.3, 0.4) is 0 Å². The highest BCUT2D eigenvalue weighted by molar-refractivity contribution is 5.80. The Labute approximate surface area is 99.6 Å². The van der Waals surface area contributed by atoms with Crippen molar-refractivity contribution in [3.05, 3.63) is 35.4 Å². The Kier molecular flexibility index (Phi) is 5.77. The number of benzene rings is 1. The summed E-state index contributed by atoms with van der Waals surface area (Å²) in [5.74, 6) is -1.39. The summed E-state index contributed by atoms with van der Waals surface area (Å²) < 4.78 is 30.9. The Morgan fingerprint density at radius 3 is 2.41 bits per heavy atom. The first-order valence-corrected chi connectivity index (χ1v) is 5.66. The van der Waals surface area contributed by atoms with Crippen molar-refractivity contribution in [1.82, 2.24) is 0 Å². The second kappa shape index (κ2) is 7.12. The van der Waals surface area contributed by atoms with Crippen LogP contribution in [-0.4, -0.2) is 19.0 Å². The predicted molar refractivity (Wildman–Crippen MR) is 60.8 cm³/mol. The van der Waals surface area contributed by atoms with Gasteiger partial charge in [0, 0.05) is 25.5 Å². The maximum Gasteiger partial charge on any atom is 0.139 e. The van der Waals surface area contributed by atoms with Gasteiger partial charge in [-0.25, -0.2) is 8.78 Å². The third-order valence-corrected chi connectivity index (χ3v) is 2.20. The number of ketones is 1. The molecule has 0 aliphatic rings. The molecule has 0 amide bonds. The topological polar surface area (TPSA) is 26.3 Å². The van der Waals surface area contributed by atoms with Crippen LogP contribution >= 0.6 is 0 Å². The van der Waals surface area contributed by atoms with Gasteiger partial charge in [0.15, 0.2) is 0 Å². The van der Waals surface area contributed by atoms with Gasteiger partial charge >= 0.3 is 0 Å². The van der Waals surface area contributed by atoms with Crippen molar-refractivity contribution >= 4 is 5.78 Å². The smallest absolute Gasteiger partial charge is 0.139 e. The second-order valence-electron chi connectivity index (χ2n) is 3.86. The first-order valence-electron chi connectivity index (χ1n) is 5.66. The van der Waals surface area contributed by atoms with Crippen LogP contribution in [0.5, 0.6) is 0 Å². The van der Waals surface area contributed by atoms with Gasteiger partial charge in [0.1, 0.15) is 17.4 Å². The van der Waals surface area contributed by atoms with Gasteiger partial charge < -0.3 is 4.74 Å². The van der Waals surface area contributed by atoms with Gasteiger partial charge in [0.05, 0.1) is 6.61 Å². The van der Waals surface area contributed by atoms with Gasteiger partial charge in [-0.1, -0.05) is 6.92 Å². The van der Waals surface area contributed by atoms with Crippen molar-refractivity contribution < 1.29 is 18.3 Å². The zero-order valence-electron chi connectivity index (χ0n) is 9.84. The van der Waals surface area contributed by atoms with Crippen molar-refractivity contribution in [2.45, 2.75) is 26.2 Å². The molecule has 1 aromatic carbocycles. The van der Waals surface area contributed by atoms with Gasteiger partial charge in [0.2, 0.25) is 0 Å². The summed E-state index contributed by atoms with van der Waals surface area (Å²) >= 11 is 0. The Bertz CT molecular complexity index is 357. The molecule has 0 spiro atoms. The number of Topliss-reactive ketones (excluding diaryl/α,β-unsaturated/α-hetero) is 1. The lowest BCUT2D eigenvalue weighted by Crippen LogP contribution is -2.08. The molecule has 0 bridgehead atoms. The Balaban J connectivity index is 2.39. The molecule has 0 radical (unpaired) electrons. The highest BCUT2D eigenvalue weighted by Crippen LogP contribution is 2.09. The molecular formula is C13H16F2O2. The fourth-order valence-electron chi connectivity index (χ4n) is 1.46. The second-order valence-corrected chi connectivity index (χ2v) is 3.86. The quantitative estimate of drug-likeness (QED) is 0.687. The standard InChI is InChI=1S/C13H16F2O2/c1-2-4-17-5-3-13(16)8-10-6-11(14)9-12(15)7-10/h6-7,9H,2-5,8H2,1H3. The van der Waals surface area contributed by atoms with E-state index in [1.165, 1.54) is 12.1 Å². The number of hydrogen-bond acceptors (Lipinski definition) is 2. The molecule has 0 saturated carbocycles. The highest BCUT2D eigenvalue weighted by atomic mass is 19.1. The minimum absolute atomic E-state index is 0.0458. The number of ether oxygens (including phenoxy) is 1. The monoisotopic (exact) mass is 242 g/mol. The maximum atomic E-state index is 12.9. The lowest BCUT2D eigenvalue weighted by atomic mass is 10.1. The van der Waals surface area contributed by atoms with E-state index in [1.54, 1.807) is 0 Å². The van der Waals surface area contributed by atoms with Crippen molar-refractivity contribution in [2.24, 2.45) is 0 Å². The largest absolute Gasteiger partial charge is 0.381 e. The van der Waals surface area contributed by atoms with Crippen LogP contribution in [0.4, 0.5) is 8.78 Å². The minimum atomic E-state index is -0.657. The first kappa shape index (κ1) is 13.8. The van der Waals surface area contributed by atoms with Crippen LogP contribution in [-0.2, 0) is 16.0 Å². The van der Waals surface area contributed by atoms with Crippen molar-refractivity contribution in [1.29, 1.82) is 0 Å². The van der Waals surface area contributed by atoms with E-state index in [0.29, 0.717) is 18.8 Å². The molecule has 2 nitrogen and oxygen atoms in total. The third-order valence-electron chi connectivity index (χ3n) is 2.20. The molecule has 0 aliphatic carbocycles. The van der Waals surface area contributed by atoms with Crippen molar-refractivity contribution in [3.8, 4) is 0 Å². The van der Waals surface area contributed by atoms with E-state index in [2.05, 4.69) is 0 Å². The van der Waals surface area contributed by atoms with Crippen LogP contribution in [0.25, 0.3) is 0 Å². The Morgan fingerprint density at radius 2 is 1.82 bits per heavy atom. The molecule has 0 aromatic heterocycles. The molecule has 1 rings (SSSR count). The number of carbonyl (C=O) groups is 1. The first-order chi connectivity index (χ1) is 8.11. The molecule has 1 aromatic rings. The van der Waals surface area contributed by atoms with Crippen LogP contribution in [0, 0.1) is 11.6 Å². The maximum absolute atomic E-state index is 12.9. The molecule has 0 saturated heterocycles. The number of carbonyl (C=O) groups excluding carboxylic acids is 1. The number of hydrogen-bond donors (Lipinski definition) is 0. The molecule has 0 unspecified atom stereocenters. The van der Waals surface area contributed by atoms with E-state index < -0.39 is 11.6 Å². The summed E-state index contributed by atoms with van der Waals surface area (Å²) in [6, 6.07) is 3.14. The molecule has 0 atom stereocenters. The fraction of sp³-hybridized carbons (Fsp3) is 0.462. The van der Waals surface area contributed by atoms with Gasteiger partial charge in [-0.05, 0) is 24.1 Å². The van der Waals surface area contributed by atoms with Gasteiger partial charge in [0.25, 0.3) is 0 Å². The summed E-state index contributed by atoms with van der Waals surface area (Å²) in [5.41, 5.74) is 0.364. The van der Waals surface area contributed by atoms with E-state index in [9.17, 15) is 13.6 Å². The summed E-state index contributed by atoms with van der Waals surface area (Å²) in [6.07, 6.45) is 1.23. The SMILES string of the molecule is CCCOCCC(=O)Cc1cc(F)cc(F)c1. The van der Waals surface area contributed by atoms with Crippen LogP contribution in [0.15, 0.2) is 18.2 Å².